The molecule has 1 heterocycles. The van der Waals surface area contributed by atoms with E-state index in [1.54, 1.807) is 11.3 Å². The molecule has 14 heavy (non-hydrogen) atoms. The summed E-state index contributed by atoms with van der Waals surface area (Å²) >= 11 is 5.11. The van der Waals surface area contributed by atoms with E-state index in [4.69, 9.17) is 5.73 Å². The minimum absolute atomic E-state index is 0.0752. The molecule has 0 saturated carbocycles. The van der Waals surface area contributed by atoms with Gasteiger partial charge in [-0.2, -0.15) is 0 Å². The van der Waals surface area contributed by atoms with Crippen molar-refractivity contribution in [3.63, 3.8) is 0 Å². The van der Waals surface area contributed by atoms with E-state index in [0.717, 1.165) is 21.4 Å². The highest BCUT2D eigenvalue weighted by atomic mass is 79.9. The van der Waals surface area contributed by atoms with Gasteiger partial charge >= 0.3 is 0 Å². The zero-order valence-electron chi connectivity index (χ0n) is 7.83. The molecule has 0 aliphatic rings. The Bertz CT molecular complexity index is 452. The van der Waals surface area contributed by atoms with Crippen LogP contribution in [0.25, 0.3) is 10.2 Å². The minimum Gasteiger partial charge on any atom is -0.322 e. The lowest BCUT2D eigenvalue weighted by Gasteiger charge is -2.01. The second-order valence-corrected chi connectivity index (χ2v) is 5.16. The van der Waals surface area contributed by atoms with Crippen molar-refractivity contribution in [3.05, 3.63) is 27.7 Å². The summed E-state index contributed by atoms with van der Waals surface area (Å²) in [5.41, 5.74) is 6.96. The van der Waals surface area contributed by atoms with Gasteiger partial charge in [0.1, 0.15) is 5.01 Å². The van der Waals surface area contributed by atoms with Crippen molar-refractivity contribution in [2.45, 2.75) is 19.4 Å². The first kappa shape index (κ1) is 10.1. The summed E-state index contributed by atoms with van der Waals surface area (Å²) in [5.74, 6) is 0. The number of halogens is 1. The molecule has 74 valence electrons. The third kappa shape index (κ3) is 1.82. The minimum atomic E-state index is 0.0752. The quantitative estimate of drug-likeness (QED) is 0.908. The predicted molar refractivity (Wildman–Crippen MR) is 64.5 cm³/mol. The summed E-state index contributed by atoms with van der Waals surface area (Å²) in [7, 11) is 0. The van der Waals surface area contributed by atoms with Crippen LogP contribution >= 0.6 is 27.3 Å². The molecule has 2 rings (SSSR count). The number of hydrogen-bond acceptors (Lipinski definition) is 3. The number of rotatable bonds is 2. The highest BCUT2D eigenvalue weighted by Gasteiger charge is 2.09. The molecule has 0 aliphatic carbocycles. The maximum atomic E-state index is 5.93. The Morgan fingerprint density at radius 3 is 3.07 bits per heavy atom. The van der Waals surface area contributed by atoms with Gasteiger partial charge in [-0.05, 0) is 24.6 Å². The Labute approximate surface area is 95.3 Å². The van der Waals surface area contributed by atoms with Crippen molar-refractivity contribution in [2.75, 3.05) is 0 Å². The molecule has 0 amide bonds. The van der Waals surface area contributed by atoms with Gasteiger partial charge in [-0.3, -0.25) is 0 Å². The second kappa shape index (κ2) is 3.96. The molecule has 0 radical (unpaired) electrons. The molecule has 0 fully saturated rings. The second-order valence-electron chi connectivity index (χ2n) is 3.18. The number of thiazole rings is 1. The summed E-state index contributed by atoms with van der Waals surface area (Å²) < 4.78 is 2.26. The van der Waals surface area contributed by atoms with Crippen LogP contribution in [0.4, 0.5) is 0 Å². The molecule has 0 saturated heterocycles. The Morgan fingerprint density at radius 1 is 1.57 bits per heavy atom. The van der Waals surface area contributed by atoms with Gasteiger partial charge in [0.15, 0.2) is 0 Å². The molecule has 0 bridgehead atoms. The van der Waals surface area contributed by atoms with Crippen LogP contribution < -0.4 is 5.73 Å². The summed E-state index contributed by atoms with van der Waals surface area (Å²) in [6, 6.07) is 6.20. The average molecular weight is 271 g/mol. The topological polar surface area (TPSA) is 38.9 Å². The maximum absolute atomic E-state index is 5.93. The van der Waals surface area contributed by atoms with Crippen LogP contribution in [0.1, 0.15) is 24.4 Å². The van der Waals surface area contributed by atoms with Crippen molar-refractivity contribution < 1.29 is 0 Å². The first-order chi connectivity index (χ1) is 6.70. The largest absolute Gasteiger partial charge is 0.322 e. The zero-order chi connectivity index (χ0) is 10.1. The van der Waals surface area contributed by atoms with Crippen molar-refractivity contribution in [1.82, 2.24) is 4.98 Å². The van der Waals surface area contributed by atoms with E-state index >= 15 is 0 Å². The lowest BCUT2D eigenvalue weighted by Crippen LogP contribution is -2.07. The van der Waals surface area contributed by atoms with Crippen molar-refractivity contribution >= 4 is 37.5 Å². The molecule has 2 aromatic rings. The maximum Gasteiger partial charge on any atom is 0.111 e. The van der Waals surface area contributed by atoms with Gasteiger partial charge in [-0.1, -0.05) is 22.9 Å². The van der Waals surface area contributed by atoms with Crippen LogP contribution in [0.15, 0.2) is 22.7 Å². The van der Waals surface area contributed by atoms with E-state index in [1.807, 2.05) is 12.1 Å². The summed E-state index contributed by atoms with van der Waals surface area (Å²) in [4.78, 5) is 4.51. The van der Waals surface area contributed by atoms with Crippen molar-refractivity contribution in [2.24, 2.45) is 5.73 Å². The first-order valence-electron chi connectivity index (χ1n) is 4.52. The van der Waals surface area contributed by atoms with Gasteiger partial charge in [-0.15, -0.1) is 11.3 Å². The standard InChI is InChI=1S/C10H11BrN2S/c1-2-7(12)10-13-8-5-6(11)3-4-9(8)14-10/h3-5,7H,2,12H2,1H3. The van der Waals surface area contributed by atoms with Gasteiger partial charge in [-0.25, -0.2) is 4.98 Å². The van der Waals surface area contributed by atoms with E-state index in [-0.39, 0.29) is 6.04 Å². The third-order valence-electron chi connectivity index (χ3n) is 2.12. The zero-order valence-corrected chi connectivity index (χ0v) is 10.2. The van der Waals surface area contributed by atoms with Crippen LogP contribution in [-0.2, 0) is 0 Å². The molecule has 0 spiro atoms. The van der Waals surface area contributed by atoms with Crippen molar-refractivity contribution in [1.29, 1.82) is 0 Å². The highest BCUT2D eigenvalue weighted by Crippen LogP contribution is 2.28. The van der Waals surface area contributed by atoms with Crippen LogP contribution in [-0.4, -0.2) is 4.98 Å². The normalized spacial score (nSPS) is 13.4. The molecule has 2 nitrogen and oxygen atoms in total. The Kier molecular flexibility index (Phi) is 2.85. The predicted octanol–water partition coefficient (Wildman–Crippen LogP) is 3.47. The number of aromatic nitrogens is 1. The molecule has 1 unspecified atom stereocenters. The van der Waals surface area contributed by atoms with Gasteiger partial charge in [0.05, 0.1) is 16.3 Å². The van der Waals surface area contributed by atoms with E-state index in [0.29, 0.717) is 0 Å². The number of nitrogens with two attached hydrogens (primary N) is 1. The number of benzene rings is 1. The molecule has 1 atom stereocenters. The van der Waals surface area contributed by atoms with Gasteiger partial charge in [0.25, 0.3) is 0 Å². The summed E-state index contributed by atoms with van der Waals surface area (Å²) in [5, 5.41) is 1.03. The molecule has 4 heteroatoms. The Morgan fingerprint density at radius 2 is 2.36 bits per heavy atom. The lowest BCUT2D eigenvalue weighted by molar-refractivity contribution is 0.694. The van der Waals surface area contributed by atoms with E-state index in [9.17, 15) is 0 Å². The molecular formula is C10H11BrN2S. The monoisotopic (exact) mass is 270 g/mol. The number of nitrogens with zero attached hydrogens (tertiary/aromatic N) is 1. The van der Waals surface area contributed by atoms with Crippen LogP contribution in [0, 0.1) is 0 Å². The molecular weight excluding hydrogens is 260 g/mol. The first-order valence-corrected chi connectivity index (χ1v) is 6.13. The average Bonchev–Trinajstić information content (AvgIpc) is 2.59. The van der Waals surface area contributed by atoms with Crippen LogP contribution in [0.2, 0.25) is 0 Å². The smallest absolute Gasteiger partial charge is 0.111 e. The van der Waals surface area contributed by atoms with Gasteiger partial charge < -0.3 is 5.73 Å². The summed E-state index contributed by atoms with van der Waals surface area (Å²) in [6.07, 6.45) is 0.932. The van der Waals surface area contributed by atoms with Crippen LogP contribution in [0.5, 0.6) is 0 Å². The highest BCUT2D eigenvalue weighted by molar-refractivity contribution is 9.10. The third-order valence-corrected chi connectivity index (χ3v) is 3.78. The summed E-state index contributed by atoms with van der Waals surface area (Å²) in [6.45, 7) is 2.08. The fourth-order valence-corrected chi connectivity index (χ4v) is 2.63. The fourth-order valence-electron chi connectivity index (χ4n) is 1.25. The van der Waals surface area contributed by atoms with Gasteiger partial charge in [0.2, 0.25) is 0 Å². The Balaban J connectivity index is 2.51. The van der Waals surface area contributed by atoms with E-state index in [2.05, 4.69) is 33.9 Å². The van der Waals surface area contributed by atoms with Crippen LogP contribution in [0.3, 0.4) is 0 Å². The molecule has 1 aromatic carbocycles. The Hall–Kier alpha value is -0.450. The SMILES string of the molecule is CCC(N)c1nc2cc(Br)ccc2s1. The fraction of sp³-hybridized carbons (Fsp3) is 0.300. The van der Waals surface area contributed by atoms with E-state index in [1.165, 1.54) is 4.70 Å². The number of hydrogen-bond donors (Lipinski definition) is 1. The lowest BCUT2D eigenvalue weighted by atomic mass is 10.2. The molecule has 2 N–H and O–H groups in total. The van der Waals surface area contributed by atoms with E-state index < -0.39 is 0 Å². The van der Waals surface area contributed by atoms with Crippen molar-refractivity contribution in [3.8, 4) is 0 Å². The van der Waals surface area contributed by atoms with Gasteiger partial charge in [0, 0.05) is 4.47 Å². The molecule has 1 aromatic heterocycles. The molecule has 0 aliphatic heterocycles. The number of fused-ring (bicyclic) bond motifs is 1.